The van der Waals surface area contributed by atoms with Gasteiger partial charge in [0.2, 0.25) is 0 Å². The van der Waals surface area contributed by atoms with Gasteiger partial charge in [0.25, 0.3) is 17.6 Å². The molecule has 1 aliphatic carbocycles. The van der Waals surface area contributed by atoms with Gasteiger partial charge >= 0.3 is 0 Å². The number of nitrogens with one attached hydrogen (secondary N) is 2. The van der Waals surface area contributed by atoms with Crippen molar-refractivity contribution in [1.29, 1.82) is 0 Å². The van der Waals surface area contributed by atoms with Gasteiger partial charge in [-0.15, -0.1) is 0 Å². The quantitative estimate of drug-likeness (QED) is 0.448. The van der Waals surface area contributed by atoms with Crippen LogP contribution in [0.15, 0.2) is 18.2 Å². The molecule has 2 aromatic rings. The highest BCUT2D eigenvalue weighted by Gasteiger charge is 2.53. The van der Waals surface area contributed by atoms with E-state index >= 15 is 0 Å². The Hall–Kier alpha value is -2.78. The van der Waals surface area contributed by atoms with Crippen molar-refractivity contribution in [3.05, 3.63) is 51.6 Å². The lowest BCUT2D eigenvalue weighted by Crippen LogP contribution is -2.65. The van der Waals surface area contributed by atoms with E-state index in [2.05, 4.69) is 10.6 Å². The minimum atomic E-state index is -1.53. The number of ketones is 1. The van der Waals surface area contributed by atoms with Gasteiger partial charge < -0.3 is 20.3 Å². The number of aliphatic hydroxyl groups is 1. The van der Waals surface area contributed by atoms with Crippen LogP contribution in [0.3, 0.4) is 0 Å². The highest BCUT2D eigenvalue weighted by atomic mass is 35.5. The standard InChI is InChI=1S/C22H24ClF2N3O4/c1-11-7-13(5-6-14(11)24)26-19(31)15-12(2)16(28(4)18(15)23)17(30)20(32)27-22(10-29)8-21(3,25)9-22/h5-7,29H,8-10H2,1-4H3,(H,26,31)(H,27,32). The van der Waals surface area contributed by atoms with E-state index in [0.717, 1.165) is 0 Å². The van der Waals surface area contributed by atoms with Crippen LogP contribution < -0.4 is 10.6 Å². The van der Waals surface area contributed by atoms with Gasteiger partial charge in [0, 0.05) is 25.6 Å². The number of alkyl halides is 1. The average molecular weight is 468 g/mol. The molecule has 1 aliphatic rings. The van der Waals surface area contributed by atoms with Crippen molar-refractivity contribution in [1.82, 2.24) is 9.88 Å². The maximum absolute atomic E-state index is 13.9. The highest BCUT2D eigenvalue weighted by molar-refractivity contribution is 6.44. The molecule has 1 aromatic heterocycles. The number of carbonyl (C=O) groups excluding carboxylic acids is 3. The minimum Gasteiger partial charge on any atom is -0.394 e. The maximum Gasteiger partial charge on any atom is 0.294 e. The first kappa shape index (κ1) is 23.9. The summed E-state index contributed by atoms with van der Waals surface area (Å²) in [6.07, 6.45) is -0.236. The van der Waals surface area contributed by atoms with Crippen LogP contribution in [0.1, 0.15) is 51.7 Å². The topological polar surface area (TPSA) is 100 Å². The van der Waals surface area contributed by atoms with Crippen molar-refractivity contribution < 1.29 is 28.3 Å². The molecule has 172 valence electrons. The predicted octanol–water partition coefficient (Wildman–Crippen LogP) is 3.24. The van der Waals surface area contributed by atoms with Gasteiger partial charge in [-0.3, -0.25) is 14.4 Å². The summed E-state index contributed by atoms with van der Waals surface area (Å²) in [5.41, 5.74) is -2.01. The van der Waals surface area contributed by atoms with E-state index in [4.69, 9.17) is 11.6 Å². The number of halogens is 3. The Morgan fingerprint density at radius 3 is 2.41 bits per heavy atom. The lowest BCUT2D eigenvalue weighted by molar-refractivity contribution is -0.125. The SMILES string of the molecule is Cc1cc(NC(=O)c2c(C)c(C(=O)C(=O)NC3(CO)CC(C)(F)C3)n(C)c2Cl)ccc1F. The number of benzene rings is 1. The van der Waals surface area contributed by atoms with Gasteiger partial charge in [-0.2, -0.15) is 0 Å². The summed E-state index contributed by atoms with van der Waals surface area (Å²) in [6.45, 7) is 3.86. The zero-order chi connectivity index (χ0) is 24.0. The first-order chi connectivity index (χ1) is 14.8. The summed E-state index contributed by atoms with van der Waals surface area (Å²) in [5.74, 6) is -3.05. The third-order valence-corrected chi connectivity index (χ3v) is 6.17. The van der Waals surface area contributed by atoms with E-state index < -0.39 is 41.2 Å². The van der Waals surface area contributed by atoms with E-state index in [-0.39, 0.29) is 34.8 Å². The molecule has 0 saturated heterocycles. The molecule has 1 aromatic carbocycles. The van der Waals surface area contributed by atoms with Crippen LogP contribution in [0.5, 0.6) is 0 Å². The lowest BCUT2D eigenvalue weighted by Gasteiger charge is -2.49. The van der Waals surface area contributed by atoms with E-state index in [1.54, 1.807) is 6.92 Å². The van der Waals surface area contributed by atoms with Crippen molar-refractivity contribution >= 4 is 34.9 Å². The molecule has 0 aliphatic heterocycles. The van der Waals surface area contributed by atoms with Crippen molar-refractivity contribution in [2.24, 2.45) is 7.05 Å². The Morgan fingerprint density at radius 2 is 1.88 bits per heavy atom. The molecule has 7 nitrogen and oxygen atoms in total. The molecule has 3 N–H and O–H groups in total. The molecule has 0 spiro atoms. The molecular formula is C22H24ClF2N3O4. The zero-order valence-corrected chi connectivity index (χ0v) is 18.9. The maximum atomic E-state index is 13.9. The molecule has 2 amide bonds. The van der Waals surface area contributed by atoms with Crippen molar-refractivity contribution in [2.75, 3.05) is 11.9 Å². The summed E-state index contributed by atoms with van der Waals surface area (Å²) in [4.78, 5) is 38.3. The number of aromatic nitrogens is 1. The molecule has 10 heteroatoms. The average Bonchev–Trinajstić information content (AvgIpc) is 2.91. The van der Waals surface area contributed by atoms with E-state index in [1.165, 1.54) is 43.7 Å². The number of hydrogen-bond acceptors (Lipinski definition) is 4. The van der Waals surface area contributed by atoms with Crippen LogP contribution in [0, 0.1) is 19.7 Å². The van der Waals surface area contributed by atoms with Gasteiger partial charge in [-0.25, -0.2) is 8.78 Å². The Labute approximate surface area is 188 Å². The first-order valence-electron chi connectivity index (χ1n) is 9.90. The smallest absolute Gasteiger partial charge is 0.294 e. The number of nitrogens with zero attached hydrogens (tertiary/aromatic N) is 1. The molecule has 0 atom stereocenters. The third kappa shape index (κ3) is 4.27. The molecule has 0 unspecified atom stereocenters. The lowest BCUT2D eigenvalue weighted by atomic mass is 9.67. The number of rotatable bonds is 6. The van der Waals surface area contributed by atoms with Crippen molar-refractivity contribution in [2.45, 2.75) is 44.8 Å². The molecule has 1 saturated carbocycles. The van der Waals surface area contributed by atoms with Gasteiger partial charge in [0.1, 0.15) is 16.6 Å². The minimum absolute atomic E-state index is 0.0101. The van der Waals surface area contributed by atoms with Crippen LogP contribution in [0.2, 0.25) is 5.15 Å². The number of amides is 2. The normalized spacial score (nSPS) is 22.2. The van der Waals surface area contributed by atoms with Gasteiger partial charge in [0.15, 0.2) is 0 Å². The molecule has 3 rings (SSSR count). The monoisotopic (exact) mass is 467 g/mol. The Kier molecular flexibility index (Phi) is 6.19. The largest absolute Gasteiger partial charge is 0.394 e. The molecule has 0 bridgehead atoms. The van der Waals surface area contributed by atoms with Crippen LogP contribution in [0.4, 0.5) is 14.5 Å². The summed E-state index contributed by atoms with van der Waals surface area (Å²) in [6, 6.07) is 4.05. The number of Topliss-reactive ketones (excluding diaryl/α,β-unsaturated/α-hetero) is 1. The molecule has 1 heterocycles. The van der Waals surface area contributed by atoms with Crippen LogP contribution >= 0.6 is 11.6 Å². The van der Waals surface area contributed by atoms with Crippen LogP contribution in [-0.2, 0) is 11.8 Å². The van der Waals surface area contributed by atoms with Gasteiger partial charge in [-0.1, -0.05) is 11.6 Å². The van der Waals surface area contributed by atoms with E-state index in [9.17, 15) is 28.3 Å². The predicted molar refractivity (Wildman–Crippen MR) is 115 cm³/mol. The first-order valence-corrected chi connectivity index (χ1v) is 10.3. The zero-order valence-electron chi connectivity index (χ0n) is 18.1. The molecule has 0 radical (unpaired) electrons. The Balaban J connectivity index is 1.85. The summed E-state index contributed by atoms with van der Waals surface area (Å²) >= 11 is 6.29. The molecular weight excluding hydrogens is 444 g/mol. The summed E-state index contributed by atoms with van der Waals surface area (Å²) in [7, 11) is 1.43. The second kappa shape index (κ2) is 8.29. The number of hydrogen-bond donors (Lipinski definition) is 3. The fourth-order valence-corrected chi connectivity index (χ4v) is 4.61. The highest BCUT2D eigenvalue weighted by Crippen LogP contribution is 2.43. The second-order valence-electron chi connectivity index (χ2n) is 8.61. The van der Waals surface area contributed by atoms with Crippen molar-refractivity contribution in [3.63, 3.8) is 0 Å². The fourth-order valence-electron chi connectivity index (χ4n) is 4.30. The molecule has 32 heavy (non-hydrogen) atoms. The number of carbonyl (C=O) groups is 3. The van der Waals surface area contributed by atoms with E-state index in [0.29, 0.717) is 11.3 Å². The van der Waals surface area contributed by atoms with Crippen LogP contribution in [-0.4, -0.2) is 45.1 Å². The van der Waals surface area contributed by atoms with Crippen molar-refractivity contribution in [3.8, 4) is 0 Å². The van der Waals surface area contributed by atoms with Gasteiger partial charge in [-0.05, 0) is 50.1 Å². The number of aryl methyl sites for hydroxylation is 1. The Morgan fingerprint density at radius 1 is 1.25 bits per heavy atom. The van der Waals surface area contributed by atoms with Gasteiger partial charge in [0.05, 0.1) is 23.4 Å². The number of aliphatic hydroxyl groups excluding tert-OH is 1. The Bertz CT molecular complexity index is 1120. The third-order valence-electron chi connectivity index (χ3n) is 5.73. The molecule has 1 fully saturated rings. The fraction of sp³-hybridized carbons (Fsp3) is 0.409. The summed E-state index contributed by atoms with van der Waals surface area (Å²) < 4.78 is 28.6. The second-order valence-corrected chi connectivity index (χ2v) is 8.96. The van der Waals surface area contributed by atoms with Crippen LogP contribution in [0.25, 0.3) is 0 Å². The number of anilines is 1. The van der Waals surface area contributed by atoms with E-state index in [1.807, 2.05) is 0 Å². The summed E-state index contributed by atoms with van der Waals surface area (Å²) in [5, 5.41) is 14.5.